The number of rotatable bonds is 5. The number of benzene rings is 1. The molecule has 0 spiro atoms. The fourth-order valence-electron chi connectivity index (χ4n) is 2.06. The Hall–Kier alpha value is -1.96. The Balaban J connectivity index is 1.75. The van der Waals surface area contributed by atoms with Gasteiger partial charge in [-0.2, -0.15) is 0 Å². The molecular formula is C13H18N2O5S. The SMILES string of the molecule is COc1ccccc1OCNC(=O)NC1CCS(=O)(=O)C1. The molecule has 0 bridgehead atoms. The Kier molecular flexibility index (Phi) is 4.89. The summed E-state index contributed by atoms with van der Waals surface area (Å²) in [5.74, 6) is 1.20. The van der Waals surface area contributed by atoms with Gasteiger partial charge in [-0.3, -0.25) is 0 Å². The standard InChI is InChI=1S/C13H18N2O5S/c1-19-11-4-2-3-5-12(11)20-9-14-13(16)15-10-6-7-21(17,18)8-10/h2-5,10H,6-9H2,1H3,(H2,14,15,16). The molecule has 116 valence electrons. The summed E-state index contributed by atoms with van der Waals surface area (Å²) in [4.78, 5) is 11.6. The highest BCUT2D eigenvalue weighted by atomic mass is 32.2. The number of hydrogen-bond donors (Lipinski definition) is 2. The second-order valence-electron chi connectivity index (χ2n) is 4.69. The molecule has 2 rings (SSSR count). The molecule has 0 saturated carbocycles. The lowest BCUT2D eigenvalue weighted by molar-refractivity contribution is 0.219. The molecule has 7 nitrogen and oxygen atoms in total. The Morgan fingerprint density at radius 1 is 1.33 bits per heavy atom. The van der Waals surface area contributed by atoms with Crippen LogP contribution in [0.2, 0.25) is 0 Å². The minimum atomic E-state index is -3.00. The second-order valence-corrected chi connectivity index (χ2v) is 6.92. The van der Waals surface area contributed by atoms with Gasteiger partial charge in [-0.1, -0.05) is 12.1 Å². The number of methoxy groups -OCH3 is 1. The van der Waals surface area contributed by atoms with Crippen LogP contribution in [-0.4, -0.2) is 45.8 Å². The monoisotopic (exact) mass is 314 g/mol. The van der Waals surface area contributed by atoms with Crippen LogP contribution in [0, 0.1) is 0 Å². The maximum atomic E-state index is 11.6. The number of carbonyl (C=O) groups excluding carboxylic acids is 1. The number of hydrogen-bond acceptors (Lipinski definition) is 5. The summed E-state index contributed by atoms with van der Waals surface area (Å²) in [6.45, 7) is -0.0360. The first kappa shape index (κ1) is 15.4. The van der Waals surface area contributed by atoms with Crippen LogP contribution in [0.5, 0.6) is 11.5 Å². The van der Waals surface area contributed by atoms with Crippen molar-refractivity contribution >= 4 is 15.9 Å². The lowest BCUT2D eigenvalue weighted by Crippen LogP contribution is -2.43. The van der Waals surface area contributed by atoms with Gasteiger partial charge in [0, 0.05) is 6.04 Å². The number of amides is 2. The van der Waals surface area contributed by atoms with Crippen LogP contribution in [-0.2, 0) is 9.84 Å². The van der Waals surface area contributed by atoms with E-state index in [2.05, 4.69) is 10.6 Å². The number of sulfone groups is 1. The van der Waals surface area contributed by atoms with Gasteiger partial charge < -0.3 is 20.1 Å². The normalized spacial score (nSPS) is 19.8. The summed E-state index contributed by atoms with van der Waals surface area (Å²) in [7, 11) is -1.47. The highest BCUT2D eigenvalue weighted by molar-refractivity contribution is 7.91. The Labute approximate surface area is 123 Å². The van der Waals surface area contributed by atoms with Gasteiger partial charge in [0.1, 0.15) is 0 Å². The van der Waals surface area contributed by atoms with Gasteiger partial charge in [0.2, 0.25) is 0 Å². The van der Waals surface area contributed by atoms with E-state index in [4.69, 9.17) is 9.47 Å². The van der Waals surface area contributed by atoms with Gasteiger partial charge in [0.25, 0.3) is 0 Å². The number of urea groups is 1. The molecule has 1 saturated heterocycles. The van der Waals surface area contributed by atoms with E-state index in [-0.39, 0.29) is 24.3 Å². The molecule has 0 aliphatic carbocycles. The summed E-state index contributed by atoms with van der Waals surface area (Å²) >= 11 is 0. The Bertz CT molecular complexity index is 602. The van der Waals surface area contributed by atoms with Gasteiger partial charge in [-0.25, -0.2) is 13.2 Å². The minimum Gasteiger partial charge on any atom is -0.493 e. The van der Waals surface area contributed by atoms with Crippen molar-refractivity contribution in [2.75, 3.05) is 25.3 Å². The molecule has 1 fully saturated rings. The van der Waals surface area contributed by atoms with Crippen LogP contribution in [0.3, 0.4) is 0 Å². The van der Waals surface area contributed by atoms with Crippen LogP contribution in [0.1, 0.15) is 6.42 Å². The van der Waals surface area contributed by atoms with Crippen molar-refractivity contribution in [3.8, 4) is 11.5 Å². The molecule has 2 amide bonds. The summed E-state index contributed by atoms with van der Waals surface area (Å²) < 4.78 is 33.1. The van der Waals surface area contributed by atoms with Crippen molar-refractivity contribution in [3.63, 3.8) is 0 Å². The van der Waals surface area contributed by atoms with Crippen molar-refractivity contribution in [1.82, 2.24) is 10.6 Å². The topological polar surface area (TPSA) is 93.7 Å². The van der Waals surface area contributed by atoms with Gasteiger partial charge in [0.15, 0.2) is 28.1 Å². The number of carbonyl (C=O) groups is 1. The van der Waals surface area contributed by atoms with Crippen molar-refractivity contribution < 1.29 is 22.7 Å². The van der Waals surface area contributed by atoms with Crippen LogP contribution < -0.4 is 20.1 Å². The molecule has 1 aliphatic rings. The molecule has 1 heterocycles. The molecule has 1 aromatic carbocycles. The lowest BCUT2D eigenvalue weighted by Gasteiger charge is -2.14. The third-order valence-corrected chi connectivity index (χ3v) is 4.87. The average Bonchev–Trinajstić information content (AvgIpc) is 2.78. The zero-order valence-corrected chi connectivity index (χ0v) is 12.5. The predicted octanol–water partition coefficient (Wildman–Crippen LogP) is 0.518. The zero-order chi connectivity index (χ0) is 15.3. The highest BCUT2D eigenvalue weighted by Crippen LogP contribution is 2.25. The summed E-state index contributed by atoms with van der Waals surface area (Å²) in [5.41, 5.74) is 0. The van der Waals surface area contributed by atoms with E-state index in [1.54, 1.807) is 18.2 Å². The Morgan fingerprint density at radius 3 is 2.67 bits per heavy atom. The lowest BCUT2D eigenvalue weighted by atomic mass is 10.3. The maximum Gasteiger partial charge on any atom is 0.317 e. The Morgan fingerprint density at radius 2 is 2.05 bits per heavy atom. The smallest absolute Gasteiger partial charge is 0.317 e. The first-order chi connectivity index (χ1) is 10.00. The average molecular weight is 314 g/mol. The quantitative estimate of drug-likeness (QED) is 0.773. The molecule has 1 atom stereocenters. The van der Waals surface area contributed by atoms with E-state index >= 15 is 0 Å². The van der Waals surface area contributed by atoms with E-state index in [9.17, 15) is 13.2 Å². The molecule has 0 radical (unpaired) electrons. The minimum absolute atomic E-state index is 0.00617. The molecule has 21 heavy (non-hydrogen) atoms. The second kappa shape index (κ2) is 6.66. The van der Waals surface area contributed by atoms with E-state index in [1.807, 2.05) is 6.07 Å². The fourth-order valence-corrected chi connectivity index (χ4v) is 3.74. The van der Waals surface area contributed by atoms with Crippen molar-refractivity contribution in [3.05, 3.63) is 24.3 Å². The van der Waals surface area contributed by atoms with Crippen molar-refractivity contribution in [2.45, 2.75) is 12.5 Å². The fraction of sp³-hybridized carbons (Fsp3) is 0.462. The third-order valence-electron chi connectivity index (χ3n) is 3.10. The molecular weight excluding hydrogens is 296 g/mol. The molecule has 0 aromatic heterocycles. The van der Waals surface area contributed by atoms with E-state index < -0.39 is 15.9 Å². The zero-order valence-electron chi connectivity index (χ0n) is 11.7. The maximum absolute atomic E-state index is 11.6. The summed E-state index contributed by atoms with van der Waals surface area (Å²) in [5, 5.41) is 5.12. The molecule has 8 heteroatoms. The predicted molar refractivity (Wildman–Crippen MR) is 77.2 cm³/mol. The number of ether oxygens (including phenoxy) is 2. The largest absolute Gasteiger partial charge is 0.493 e. The number of nitrogens with one attached hydrogen (secondary N) is 2. The third kappa shape index (κ3) is 4.52. The van der Waals surface area contributed by atoms with E-state index in [0.717, 1.165) is 0 Å². The molecule has 1 aliphatic heterocycles. The van der Waals surface area contributed by atoms with E-state index in [0.29, 0.717) is 17.9 Å². The number of para-hydroxylation sites is 2. The first-order valence-electron chi connectivity index (χ1n) is 6.51. The van der Waals surface area contributed by atoms with Gasteiger partial charge in [-0.05, 0) is 18.6 Å². The van der Waals surface area contributed by atoms with Crippen LogP contribution in [0.4, 0.5) is 4.79 Å². The van der Waals surface area contributed by atoms with Crippen molar-refractivity contribution in [2.24, 2.45) is 0 Å². The van der Waals surface area contributed by atoms with Crippen LogP contribution in [0.15, 0.2) is 24.3 Å². The first-order valence-corrected chi connectivity index (χ1v) is 8.33. The molecule has 2 N–H and O–H groups in total. The molecule has 1 unspecified atom stereocenters. The van der Waals surface area contributed by atoms with E-state index in [1.165, 1.54) is 7.11 Å². The summed E-state index contributed by atoms with van der Waals surface area (Å²) in [6.07, 6.45) is 0.448. The van der Waals surface area contributed by atoms with Gasteiger partial charge in [0.05, 0.1) is 18.6 Å². The highest BCUT2D eigenvalue weighted by Gasteiger charge is 2.28. The summed E-state index contributed by atoms with van der Waals surface area (Å²) in [6, 6.07) is 6.29. The van der Waals surface area contributed by atoms with Crippen LogP contribution in [0.25, 0.3) is 0 Å². The van der Waals surface area contributed by atoms with Crippen LogP contribution >= 0.6 is 0 Å². The van der Waals surface area contributed by atoms with Crippen molar-refractivity contribution in [1.29, 1.82) is 0 Å². The molecule has 1 aromatic rings. The van der Waals surface area contributed by atoms with Gasteiger partial charge in [-0.15, -0.1) is 0 Å². The van der Waals surface area contributed by atoms with Gasteiger partial charge >= 0.3 is 6.03 Å².